The Hall–Kier alpha value is -0.740. The summed E-state index contributed by atoms with van der Waals surface area (Å²) in [6.07, 6.45) is 7.50. The van der Waals surface area contributed by atoms with Gasteiger partial charge in [0, 0.05) is 10.0 Å². The minimum Gasteiger partial charge on any atom is -0.307 e. The van der Waals surface area contributed by atoms with Gasteiger partial charge in [0.05, 0.1) is 6.04 Å². The lowest BCUT2D eigenvalue weighted by Crippen LogP contribution is -2.25. The highest BCUT2D eigenvalue weighted by Gasteiger charge is 2.24. The fourth-order valence-corrected chi connectivity index (χ4v) is 3.16. The second-order valence-electron chi connectivity index (χ2n) is 5.15. The first-order valence-electron chi connectivity index (χ1n) is 7.20. The van der Waals surface area contributed by atoms with Gasteiger partial charge in [-0.25, -0.2) is 8.78 Å². The molecule has 1 aliphatic carbocycles. The number of rotatable bonds is 4. The van der Waals surface area contributed by atoms with Gasteiger partial charge in [-0.1, -0.05) is 40.9 Å². The van der Waals surface area contributed by atoms with Gasteiger partial charge in [-0.15, -0.1) is 0 Å². The van der Waals surface area contributed by atoms with Crippen LogP contribution in [0, 0.1) is 11.6 Å². The van der Waals surface area contributed by atoms with Gasteiger partial charge in [0.25, 0.3) is 0 Å². The number of likely N-dealkylation sites (N-methyl/N-ethyl adjacent to an activating group) is 1. The van der Waals surface area contributed by atoms with Crippen molar-refractivity contribution >= 4 is 15.9 Å². The summed E-state index contributed by atoms with van der Waals surface area (Å²) in [4.78, 5) is 0. The first-order valence-corrected chi connectivity index (χ1v) is 7.99. The van der Waals surface area contributed by atoms with Crippen LogP contribution in [0.15, 0.2) is 28.3 Å². The summed E-state index contributed by atoms with van der Waals surface area (Å²) >= 11 is 3.13. The van der Waals surface area contributed by atoms with Crippen LogP contribution in [-0.2, 0) is 0 Å². The molecule has 1 atom stereocenters. The minimum absolute atomic E-state index is 0.142. The van der Waals surface area contributed by atoms with Gasteiger partial charge in [0.2, 0.25) is 0 Å². The van der Waals surface area contributed by atoms with E-state index in [9.17, 15) is 8.78 Å². The largest absolute Gasteiger partial charge is 0.307 e. The average Bonchev–Trinajstić information content (AvgIpc) is 2.65. The van der Waals surface area contributed by atoms with Crippen LogP contribution < -0.4 is 5.32 Å². The third-order valence-electron chi connectivity index (χ3n) is 3.69. The summed E-state index contributed by atoms with van der Waals surface area (Å²) < 4.78 is 28.8. The number of benzene rings is 1. The Balaban J connectivity index is 2.40. The topological polar surface area (TPSA) is 12.0 Å². The minimum atomic E-state index is -0.493. The van der Waals surface area contributed by atoms with Crippen molar-refractivity contribution in [1.29, 1.82) is 0 Å². The lowest BCUT2D eigenvalue weighted by Gasteiger charge is -2.23. The first kappa shape index (κ1) is 15.6. The van der Waals surface area contributed by atoms with Crippen LogP contribution >= 0.6 is 15.9 Å². The molecule has 0 heterocycles. The second-order valence-corrected chi connectivity index (χ2v) is 6.07. The number of hydrogen-bond acceptors (Lipinski definition) is 1. The molecule has 110 valence electrons. The van der Waals surface area contributed by atoms with Crippen LogP contribution in [-0.4, -0.2) is 6.54 Å². The number of nitrogens with one attached hydrogen (secondary N) is 1. The molecule has 0 spiro atoms. The molecule has 1 N–H and O–H groups in total. The standard InChI is InChI=1S/C16H20BrF2N/c1-2-20-16(11-7-5-3-4-6-8-11)15-13(18)9-12(17)10-14(15)19/h7,9-10,16,20H,2-6,8H2,1H3. The van der Waals surface area contributed by atoms with Crippen molar-refractivity contribution in [3.63, 3.8) is 0 Å². The predicted molar refractivity (Wildman–Crippen MR) is 81.6 cm³/mol. The fraction of sp³-hybridized carbons (Fsp3) is 0.500. The van der Waals surface area contributed by atoms with Crippen molar-refractivity contribution in [2.45, 2.75) is 45.1 Å². The lowest BCUT2D eigenvalue weighted by molar-refractivity contribution is 0.497. The maximum absolute atomic E-state index is 14.2. The molecule has 4 heteroatoms. The van der Waals surface area contributed by atoms with E-state index in [2.05, 4.69) is 27.3 Å². The molecule has 1 nitrogen and oxygen atoms in total. The molecule has 0 amide bonds. The van der Waals surface area contributed by atoms with E-state index in [0.717, 1.165) is 31.3 Å². The Kier molecular flexibility index (Phi) is 5.73. The Bertz CT molecular complexity index is 476. The van der Waals surface area contributed by atoms with Crippen molar-refractivity contribution in [3.05, 3.63) is 45.5 Å². The molecule has 0 saturated carbocycles. The summed E-state index contributed by atoms with van der Waals surface area (Å²) in [6, 6.07) is 2.31. The van der Waals surface area contributed by atoms with E-state index in [-0.39, 0.29) is 11.6 Å². The smallest absolute Gasteiger partial charge is 0.132 e. The Morgan fingerprint density at radius 1 is 1.20 bits per heavy atom. The SMILES string of the molecule is CCNC(C1=CCCCCC1)c1c(F)cc(Br)cc1F. The molecule has 1 aliphatic rings. The Morgan fingerprint density at radius 2 is 1.90 bits per heavy atom. The molecular formula is C16H20BrF2N. The van der Waals surface area contributed by atoms with E-state index in [4.69, 9.17) is 0 Å². The summed E-state index contributed by atoms with van der Waals surface area (Å²) in [5.41, 5.74) is 1.26. The Labute approximate surface area is 127 Å². The van der Waals surface area contributed by atoms with Crippen LogP contribution in [0.1, 0.15) is 50.6 Å². The number of allylic oxidation sites excluding steroid dienone is 1. The quantitative estimate of drug-likeness (QED) is 0.734. The normalized spacial score (nSPS) is 17.5. The van der Waals surface area contributed by atoms with Crippen molar-refractivity contribution in [2.24, 2.45) is 0 Å². The highest BCUT2D eigenvalue weighted by Crippen LogP contribution is 2.33. The van der Waals surface area contributed by atoms with Crippen LogP contribution in [0.3, 0.4) is 0 Å². The molecule has 2 rings (SSSR count). The zero-order valence-corrected chi connectivity index (χ0v) is 13.3. The zero-order valence-electron chi connectivity index (χ0n) is 11.7. The highest BCUT2D eigenvalue weighted by atomic mass is 79.9. The molecule has 0 aliphatic heterocycles. The van der Waals surface area contributed by atoms with Gasteiger partial charge < -0.3 is 5.32 Å². The zero-order chi connectivity index (χ0) is 14.5. The number of hydrogen-bond donors (Lipinski definition) is 1. The summed E-state index contributed by atoms with van der Waals surface area (Å²) in [5.74, 6) is -0.985. The maximum atomic E-state index is 14.2. The molecule has 0 saturated heterocycles. The lowest BCUT2D eigenvalue weighted by atomic mass is 9.94. The highest BCUT2D eigenvalue weighted by molar-refractivity contribution is 9.10. The van der Waals surface area contributed by atoms with Crippen molar-refractivity contribution in [1.82, 2.24) is 5.32 Å². The van der Waals surface area contributed by atoms with E-state index in [1.165, 1.54) is 18.6 Å². The summed E-state index contributed by atoms with van der Waals surface area (Å²) in [5, 5.41) is 3.23. The van der Waals surface area contributed by atoms with Crippen LogP contribution in [0.2, 0.25) is 0 Å². The first-order chi connectivity index (χ1) is 9.63. The van der Waals surface area contributed by atoms with Crippen LogP contribution in [0.5, 0.6) is 0 Å². The average molecular weight is 344 g/mol. The van der Waals surface area contributed by atoms with Gasteiger partial charge in [-0.2, -0.15) is 0 Å². The molecule has 0 radical (unpaired) electrons. The summed E-state index contributed by atoms with van der Waals surface area (Å²) in [7, 11) is 0. The van der Waals surface area contributed by atoms with Gasteiger partial charge in [0.15, 0.2) is 0 Å². The second kappa shape index (κ2) is 7.32. The summed E-state index contributed by atoms with van der Waals surface area (Å²) in [6.45, 7) is 2.63. The van der Waals surface area contributed by atoms with E-state index >= 15 is 0 Å². The van der Waals surface area contributed by atoms with Crippen molar-refractivity contribution < 1.29 is 8.78 Å². The molecule has 0 fully saturated rings. The molecule has 1 aromatic carbocycles. The fourth-order valence-electron chi connectivity index (χ4n) is 2.75. The van der Waals surface area contributed by atoms with Gasteiger partial charge in [-0.3, -0.25) is 0 Å². The molecule has 1 aromatic rings. The maximum Gasteiger partial charge on any atom is 0.132 e. The molecular weight excluding hydrogens is 324 g/mol. The van der Waals surface area contributed by atoms with E-state index in [1.807, 2.05) is 6.92 Å². The molecule has 1 unspecified atom stereocenters. The van der Waals surface area contributed by atoms with Gasteiger partial charge in [0.1, 0.15) is 11.6 Å². The van der Waals surface area contributed by atoms with Crippen LogP contribution in [0.25, 0.3) is 0 Å². The molecule has 0 bridgehead atoms. The van der Waals surface area contributed by atoms with Crippen LogP contribution in [0.4, 0.5) is 8.78 Å². The van der Waals surface area contributed by atoms with E-state index < -0.39 is 11.6 Å². The molecule has 0 aromatic heterocycles. The Morgan fingerprint density at radius 3 is 2.55 bits per heavy atom. The predicted octanol–water partition coefficient (Wildman–Crippen LogP) is 5.27. The molecule has 20 heavy (non-hydrogen) atoms. The third-order valence-corrected chi connectivity index (χ3v) is 4.15. The van der Waals surface area contributed by atoms with E-state index in [1.54, 1.807) is 0 Å². The van der Waals surface area contributed by atoms with Crippen molar-refractivity contribution in [3.8, 4) is 0 Å². The van der Waals surface area contributed by atoms with E-state index in [0.29, 0.717) is 11.0 Å². The number of halogens is 3. The van der Waals surface area contributed by atoms with Crippen molar-refractivity contribution in [2.75, 3.05) is 6.54 Å². The van der Waals surface area contributed by atoms with Gasteiger partial charge in [-0.05, 0) is 44.4 Å². The monoisotopic (exact) mass is 343 g/mol. The third kappa shape index (κ3) is 3.67. The van der Waals surface area contributed by atoms with Gasteiger partial charge >= 0.3 is 0 Å².